The molecule has 1 aliphatic rings. The van der Waals surface area contributed by atoms with Crippen LogP contribution in [-0.4, -0.2) is 38.7 Å². The number of nitrogens with zero attached hydrogens (tertiary/aromatic N) is 4. The molecule has 128 valence electrons. The van der Waals surface area contributed by atoms with E-state index in [1.54, 1.807) is 6.20 Å². The molecule has 0 aliphatic carbocycles. The molecule has 0 bridgehead atoms. The molecule has 25 heavy (non-hydrogen) atoms. The number of benzene rings is 1. The van der Waals surface area contributed by atoms with Gasteiger partial charge in [0.1, 0.15) is 5.69 Å². The Kier molecular flexibility index (Phi) is 3.99. The third kappa shape index (κ3) is 2.90. The number of fused-ring (bicyclic) bond motifs is 1. The molecule has 0 radical (unpaired) electrons. The Morgan fingerprint density at radius 1 is 1.20 bits per heavy atom. The summed E-state index contributed by atoms with van der Waals surface area (Å²) in [5, 5.41) is 6.58. The third-order valence-corrected chi connectivity index (χ3v) is 4.95. The maximum absolute atomic E-state index is 13.1. The lowest BCUT2D eigenvalue weighted by Gasteiger charge is -2.33. The van der Waals surface area contributed by atoms with Crippen LogP contribution >= 0.6 is 0 Å². The second kappa shape index (κ2) is 6.31. The van der Waals surface area contributed by atoms with Crippen LogP contribution in [0.5, 0.6) is 0 Å². The molecule has 5 heteroatoms. The molecular formula is C20H22N4O. The van der Waals surface area contributed by atoms with Crippen molar-refractivity contribution >= 4 is 16.7 Å². The van der Waals surface area contributed by atoms with Crippen molar-refractivity contribution in [2.75, 3.05) is 13.1 Å². The fourth-order valence-electron chi connectivity index (χ4n) is 3.79. The van der Waals surface area contributed by atoms with Gasteiger partial charge in [0.2, 0.25) is 0 Å². The zero-order valence-corrected chi connectivity index (χ0v) is 14.6. The summed E-state index contributed by atoms with van der Waals surface area (Å²) in [6.45, 7) is 5.55. The highest BCUT2D eigenvalue weighted by atomic mass is 16.2. The predicted molar refractivity (Wildman–Crippen MR) is 97.6 cm³/mol. The van der Waals surface area contributed by atoms with Crippen LogP contribution in [0.15, 0.2) is 42.6 Å². The number of hydrogen-bond acceptors (Lipinski definition) is 3. The maximum Gasteiger partial charge on any atom is 0.273 e. The number of likely N-dealkylation sites (tertiary alicyclic amines) is 1. The minimum Gasteiger partial charge on any atom is -0.335 e. The van der Waals surface area contributed by atoms with E-state index in [0.717, 1.165) is 41.5 Å². The van der Waals surface area contributed by atoms with Crippen LogP contribution < -0.4 is 0 Å². The van der Waals surface area contributed by atoms with Crippen molar-refractivity contribution in [3.8, 4) is 0 Å². The molecule has 5 nitrogen and oxygen atoms in total. The first-order valence-corrected chi connectivity index (χ1v) is 8.79. The number of aromatic nitrogens is 3. The predicted octanol–water partition coefficient (Wildman–Crippen LogP) is 3.53. The zero-order chi connectivity index (χ0) is 17.4. The summed E-state index contributed by atoms with van der Waals surface area (Å²) in [6, 6.07) is 12.2. The topological polar surface area (TPSA) is 51.0 Å². The molecule has 2 aromatic heterocycles. The highest BCUT2D eigenvalue weighted by molar-refractivity contribution is 6.05. The van der Waals surface area contributed by atoms with Crippen molar-refractivity contribution in [3.05, 3.63) is 59.7 Å². The number of hydrogen-bond donors (Lipinski definition) is 0. The van der Waals surface area contributed by atoms with E-state index in [1.165, 1.54) is 0 Å². The van der Waals surface area contributed by atoms with Crippen LogP contribution in [0.4, 0.5) is 0 Å². The van der Waals surface area contributed by atoms with E-state index in [9.17, 15) is 4.79 Å². The van der Waals surface area contributed by atoms with Crippen LogP contribution in [0.3, 0.4) is 0 Å². The molecule has 3 aromatic rings. The molecule has 0 N–H and O–H groups in total. The molecule has 1 aliphatic heterocycles. The second-order valence-electron chi connectivity index (χ2n) is 6.80. The number of aryl methyl sites for hydroxylation is 2. The molecular weight excluding hydrogens is 312 g/mol. The number of rotatable bonds is 2. The van der Waals surface area contributed by atoms with Crippen LogP contribution in [0.25, 0.3) is 10.8 Å². The van der Waals surface area contributed by atoms with Crippen LogP contribution in [0.1, 0.15) is 40.8 Å². The molecule has 1 saturated heterocycles. The number of carbonyl (C=O) groups excluding carboxylic acids is 1. The van der Waals surface area contributed by atoms with E-state index in [0.29, 0.717) is 12.2 Å². The van der Waals surface area contributed by atoms with Crippen LogP contribution in [0.2, 0.25) is 0 Å². The van der Waals surface area contributed by atoms with Gasteiger partial charge in [-0.3, -0.25) is 14.5 Å². The van der Waals surface area contributed by atoms with E-state index >= 15 is 0 Å². The average molecular weight is 334 g/mol. The van der Waals surface area contributed by atoms with Gasteiger partial charge in [-0.1, -0.05) is 24.3 Å². The van der Waals surface area contributed by atoms with E-state index in [4.69, 9.17) is 0 Å². The van der Waals surface area contributed by atoms with Gasteiger partial charge in [0.05, 0.1) is 11.7 Å². The van der Waals surface area contributed by atoms with Crippen molar-refractivity contribution in [2.45, 2.75) is 32.7 Å². The monoisotopic (exact) mass is 334 g/mol. The summed E-state index contributed by atoms with van der Waals surface area (Å²) in [7, 11) is 0. The lowest BCUT2D eigenvalue weighted by Crippen LogP contribution is -2.41. The second-order valence-corrected chi connectivity index (χ2v) is 6.80. The summed E-state index contributed by atoms with van der Waals surface area (Å²) in [5.74, 6) is 0.0167. The quantitative estimate of drug-likeness (QED) is 0.720. The normalized spacial score (nSPS) is 17.8. The first-order valence-electron chi connectivity index (χ1n) is 8.79. The third-order valence-electron chi connectivity index (χ3n) is 4.95. The lowest BCUT2D eigenvalue weighted by molar-refractivity contribution is 0.0668. The van der Waals surface area contributed by atoms with Crippen molar-refractivity contribution in [3.63, 3.8) is 0 Å². The minimum atomic E-state index is 0.0167. The number of amides is 1. The fourth-order valence-corrected chi connectivity index (χ4v) is 3.79. The fraction of sp³-hybridized carbons (Fsp3) is 0.350. The van der Waals surface area contributed by atoms with Crippen molar-refractivity contribution in [2.24, 2.45) is 0 Å². The van der Waals surface area contributed by atoms with Crippen molar-refractivity contribution < 1.29 is 4.79 Å². The molecule has 0 spiro atoms. The molecule has 1 amide bonds. The highest BCUT2D eigenvalue weighted by Gasteiger charge is 2.28. The van der Waals surface area contributed by atoms with Crippen molar-refractivity contribution in [1.82, 2.24) is 19.7 Å². The molecule has 1 atom stereocenters. The average Bonchev–Trinajstić information content (AvgIpc) is 2.99. The molecule has 0 unspecified atom stereocenters. The van der Waals surface area contributed by atoms with Gasteiger partial charge in [0, 0.05) is 30.4 Å². The van der Waals surface area contributed by atoms with Gasteiger partial charge in [0.15, 0.2) is 0 Å². The largest absolute Gasteiger partial charge is 0.335 e. The standard InChI is InChI=1S/C20H22N4O/c1-14-12-15(2)24(22-14)17-7-5-11-23(13-17)20(25)19-18-8-4-3-6-16(18)9-10-21-19/h3-4,6,8-10,12,17H,5,7,11,13H2,1-2H3/t17-/m0/s1. The molecule has 1 aromatic carbocycles. The summed E-state index contributed by atoms with van der Waals surface area (Å²) in [4.78, 5) is 19.4. The minimum absolute atomic E-state index is 0.0167. The molecule has 1 fully saturated rings. The van der Waals surface area contributed by atoms with Crippen LogP contribution in [-0.2, 0) is 0 Å². The Balaban J connectivity index is 1.62. The Morgan fingerprint density at radius 2 is 2.04 bits per heavy atom. The lowest BCUT2D eigenvalue weighted by atomic mass is 10.0. The molecule has 3 heterocycles. The van der Waals surface area contributed by atoms with Gasteiger partial charge in [-0.15, -0.1) is 0 Å². The Bertz CT molecular complexity index is 925. The Hall–Kier alpha value is -2.69. The number of piperidine rings is 1. The smallest absolute Gasteiger partial charge is 0.273 e. The number of pyridine rings is 1. The molecule has 0 saturated carbocycles. The van der Waals surface area contributed by atoms with E-state index in [2.05, 4.69) is 27.8 Å². The van der Waals surface area contributed by atoms with Crippen LogP contribution in [0, 0.1) is 13.8 Å². The summed E-state index contributed by atoms with van der Waals surface area (Å²) >= 11 is 0. The highest BCUT2D eigenvalue weighted by Crippen LogP contribution is 2.25. The van der Waals surface area contributed by atoms with E-state index < -0.39 is 0 Å². The summed E-state index contributed by atoms with van der Waals surface area (Å²) in [6.07, 6.45) is 3.76. The van der Waals surface area contributed by atoms with Gasteiger partial charge >= 0.3 is 0 Å². The summed E-state index contributed by atoms with van der Waals surface area (Å²) < 4.78 is 2.07. The Morgan fingerprint density at radius 3 is 2.84 bits per heavy atom. The van der Waals surface area contributed by atoms with Gasteiger partial charge in [0.25, 0.3) is 5.91 Å². The number of carbonyl (C=O) groups is 1. The van der Waals surface area contributed by atoms with E-state index in [-0.39, 0.29) is 11.9 Å². The zero-order valence-electron chi connectivity index (χ0n) is 14.6. The van der Waals surface area contributed by atoms with Gasteiger partial charge in [-0.25, -0.2) is 0 Å². The first-order chi connectivity index (χ1) is 12.1. The van der Waals surface area contributed by atoms with Gasteiger partial charge < -0.3 is 4.90 Å². The molecule has 4 rings (SSSR count). The van der Waals surface area contributed by atoms with Gasteiger partial charge in [-0.05, 0) is 44.2 Å². The van der Waals surface area contributed by atoms with Crippen molar-refractivity contribution in [1.29, 1.82) is 0 Å². The summed E-state index contributed by atoms with van der Waals surface area (Å²) in [5.41, 5.74) is 2.73. The SMILES string of the molecule is Cc1cc(C)n([C@H]2CCCN(C(=O)c3nccc4ccccc34)C2)n1. The van der Waals surface area contributed by atoms with E-state index in [1.807, 2.05) is 42.2 Å². The van der Waals surface area contributed by atoms with Gasteiger partial charge in [-0.2, -0.15) is 5.10 Å². The first kappa shape index (κ1) is 15.8. The Labute approximate surface area is 147 Å². The maximum atomic E-state index is 13.1.